The first-order valence-corrected chi connectivity index (χ1v) is 10.2. The van der Waals surface area contributed by atoms with Crippen LogP contribution in [0.25, 0.3) is 11.4 Å². The van der Waals surface area contributed by atoms with Gasteiger partial charge in [0, 0.05) is 45.6 Å². The van der Waals surface area contributed by atoms with E-state index in [1.807, 2.05) is 10.7 Å². The van der Waals surface area contributed by atoms with Crippen molar-refractivity contribution in [3.63, 3.8) is 0 Å². The monoisotopic (exact) mass is 378 g/mol. The molecule has 0 spiro atoms. The third kappa shape index (κ3) is 3.79. The lowest BCUT2D eigenvalue weighted by atomic mass is 10.0. The van der Waals surface area contributed by atoms with Crippen LogP contribution < -0.4 is 0 Å². The smallest absolute Gasteiger partial charge is 0.261 e. The molecule has 0 amide bonds. The summed E-state index contributed by atoms with van der Waals surface area (Å²) in [6.45, 7) is 5.24. The average molecular weight is 379 g/mol. The van der Waals surface area contributed by atoms with E-state index in [0.29, 0.717) is 13.1 Å². The van der Waals surface area contributed by atoms with Crippen molar-refractivity contribution in [2.24, 2.45) is 5.92 Å². The first kappa shape index (κ1) is 18.9. The molecular weight excluding hydrogens is 352 g/mol. The van der Waals surface area contributed by atoms with E-state index in [4.69, 9.17) is 0 Å². The molecular formula is C17H26N6O2S. The van der Waals surface area contributed by atoms with E-state index in [-0.39, 0.29) is 12.0 Å². The van der Waals surface area contributed by atoms with Gasteiger partial charge in [0.25, 0.3) is 10.2 Å². The second-order valence-electron chi connectivity index (χ2n) is 7.15. The van der Waals surface area contributed by atoms with E-state index in [1.165, 1.54) is 4.31 Å². The molecule has 0 bridgehead atoms. The first-order valence-electron chi connectivity index (χ1n) is 8.81. The second-order valence-corrected chi connectivity index (χ2v) is 9.30. The average Bonchev–Trinajstić information content (AvgIpc) is 3.25. The van der Waals surface area contributed by atoms with E-state index in [2.05, 4.69) is 28.9 Å². The van der Waals surface area contributed by atoms with Crippen molar-refractivity contribution in [3.05, 3.63) is 30.4 Å². The molecule has 0 aromatic carbocycles. The molecule has 0 aliphatic carbocycles. The minimum atomic E-state index is -3.33. The Morgan fingerprint density at radius 3 is 2.65 bits per heavy atom. The zero-order chi connectivity index (χ0) is 18.9. The molecule has 26 heavy (non-hydrogen) atoms. The number of rotatable bonds is 6. The first-order chi connectivity index (χ1) is 12.3. The molecule has 142 valence electrons. The summed E-state index contributed by atoms with van der Waals surface area (Å²) in [6.07, 6.45) is 6.90. The lowest BCUT2D eigenvalue weighted by molar-refractivity contribution is 0.409. The van der Waals surface area contributed by atoms with Gasteiger partial charge in [0.05, 0.1) is 17.6 Å². The maximum Gasteiger partial charge on any atom is 0.281 e. The Morgan fingerprint density at radius 2 is 2.04 bits per heavy atom. The molecule has 3 heterocycles. The maximum atomic E-state index is 12.2. The summed E-state index contributed by atoms with van der Waals surface area (Å²) in [4.78, 5) is 9.08. The summed E-state index contributed by atoms with van der Waals surface area (Å²) in [5.74, 6) is 0.270. The highest BCUT2D eigenvalue weighted by atomic mass is 32.2. The molecule has 8 nitrogen and oxygen atoms in total. The maximum absolute atomic E-state index is 12.2. The van der Waals surface area contributed by atoms with E-state index in [1.54, 1.807) is 37.0 Å². The third-order valence-corrected chi connectivity index (χ3v) is 6.57. The van der Waals surface area contributed by atoms with Gasteiger partial charge in [-0.1, -0.05) is 0 Å². The Labute approximate surface area is 155 Å². The van der Waals surface area contributed by atoms with Crippen LogP contribution in [-0.4, -0.2) is 64.0 Å². The van der Waals surface area contributed by atoms with Gasteiger partial charge in [-0.05, 0) is 38.7 Å². The molecule has 1 saturated heterocycles. The molecule has 1 aliphatic rings. The Kier molecular flexibility index (Phi) is 5.40. The largest absolute Gasteiger partial charge is 0.281 e. The summed E-state index contributed by atoms with van der Waals surface area (Å²) in [5, 5.41) is 4.33. The highest BCUT2D eigenvalue weighted by Crippen LogP contribution is 2.24. The minimum absolute atomic E-state index is 0.254. The summed E-state index contributed by atoms with van der Waals surface area (Å²) in [7, 11) is -0.202. The summed E-state index contributed by atoms with van der Waals surface area (Å²) in [5.41, 5.74) is 2.63. The fraction of sp³-hybridized carbons (Fsp3) is 0.588. The fourth-order valence-corrected chi connectivity index (χ4v) is 4.42. The zero-order valence-electron chi connectivity index (χ0n) is 15.7. The molecule has 3 rings (SSSR count). The Morgan fingerprint density at radius 1 is 1.27 bits per heavy atom. The van der Waals surface area contributed by atoms with Crippen molar-refractivity contribution >= 4 is 10.2 Å². The van der Waals surface area contributed by atoms with Gasteiger partial charge in [0.15, 0.2) is 0 Å². The van der Waals surface area contributed by atoms with Crippen molar-refractivity contribution in [2.45, 2.75) is 32.7 Å². The Balaban J connectivity index is 1.66. The highest BCUT2D eigenvalue weighted by molar-refractivity contribution is 7.86. The predicted molar refractivity (Wildman–Crippen MR) is 99.6 cm³/mol. The lowest BCUT2D eigenvalue weighted by Crippen LogP contribution is -2.38. The number of hydrogen-bond acceptors (Lipinski definition) is 5. The molecule has 0 N–H and O–H groups in total. The van der Waals surface area contributed by atoms with Gasteiger partial charge in [-0.3, -0.25) is 14.6 Å². The summed E-state index contributed by atoms with van der Waals surface area (Å²) >= 11 is 0. The third-order valence-electron chi connectivity index (χ3n) is 4.66. The van der Waals surface area contributed by atoms with Crippen LogP contribution in [0.2, 0.25) is 0 Å². The quantitative estimate of drug-likeness (QED) is 0.762. The van der Waals surface area contributed by atoms with Crippen LogP contribution in [0, 0.1) is 5.92 Å². The van der Waals surface area contributed by atoms with Crippen LogP contribution in [0.4, 0.5) is 0 Å². The molecule has 2 aromatic rings. The molecule has 9 heteroatoms. The standard InChI is InChI=1S/C17H26N6O2S/c1-13(2)23-17(5-7-20-23)16-11-18-15(10-19-16)9-14-6-8-22(12-14)26(24,25)21(3)4/h5,7,10-11,13-14H,6,8-9,12H2,1-4H3/t14-/m1/s1. The minimum Gasteiger partial charge on any atom is -0.261 e. The summed E-state index contributed by atoms with van der Waals surface area (Å²) < 4.78 is 29.1. The van der Waals surface area contributed by atoms with Gasteiger partial charge in [-0.25, -0.2) is 0 Å². The van der Waals surface area contributed by atoms with Crippen LogP contribution in [0.15, 0.2) is 24.7 Å². The van der Waals surface area contributed by atoms with E-state index in [9.17, 15) is 8.42 Å². The number of hydrogen-bond donors (Lipinski definition) is 0. The van der Waals surface area contributed by atoms with Crippen molar-refractivity contribution in [3.8, 4) is 11.4 Å². The highest BCUT2D eigenvalue weighted by Gasteiger charge is 2.32. The van der Waals surface area contributed by atoms with Crippen molar-refractivity contribution in [1.29, 1.82) is 0 Å². The Bertz CT molecular complexity index is 844. The molecule has 1 atom stereocenters. The fourth-order valence-electron chi connectivity index (χ4n) is 3.22. The topological polar surface area (TPSA) is 84.2 Å². The van der Waals surface area contributed by atoms with Gasteiger partial charge in [0.1, 0.15) is 5.69 Å². The van der Waals surface area contributed by atoms with Gasteiger partial charge >= 0.3 is 0 Å². The van der Waals surface area contributed by atoms with Crippen LogP contribution in [0.5, 0.6) is 0 Å². The predicted octanol–water partition coefficient (Wildman–Crippen LogP) is 1.59. The van der Waals surface area contributed by atoms with Gasteiger partial charge < -0.3 is 0 Å². The normalized spacial score (nSPS) is 18.9. The molecule has 2 aromatic heterocycles. The second kappa shape index (κ2) is 7.42. The van der Waals surface area contributed by atoms with Crippen LogP contribution in [0.1, 0.15) is 32.0 Å². The van der Waals surface area contributed by atoms with Crippen molar-refractivity contribution in [2.75, 3.05) is 27.2 Å². The van der Waals surface area contributed by atoms with Crippen molar-refractivity contribution in [1.82, 2.24) is 28.4 Å². The molecule has 0 unspecified atom stereocenters. The lowest BCUT2D eigenvalue weighted by Gasteiger charge is -2.20. The van der Waals surface area contributed by atoms with Crippen LogP contribution >= 0.6 is 0 Å². The van der Waals surface area contributed by atoms with E-state index >= 15 is 0 Å². The molecule has 1 aliphatic heterocycles. The molecule has 0 radical (unpaired) electrons. The molecule has 1 fully saturated rings. The van der Waals surface area contributed by atoms with Crippen LogP contribution in [0.3, 0.4) is 0 Å². The van der Waals surface area contributed by atoms with Gasteiger partial charge in [-0.15, -0.1) is 0 Å². The Hall–Kier alpha value is -1.84. The zero-order valence-corrected chi connectivity index (χ0v) is 16.5. The van der Waals surface area contributed by atoms with Crippen molar-refractivity contribution < 1.29 is 8.42 Å². The summed E-state index contributed by atoms with van der Waals surface area (Å²) in [6, 6.07) is 2.19. The van der Waals surface area contributed by atoms with Gasteiger partial charge in [-0.2, -0.15) is 22.1 Å². The van der Waals surface area contributed by atoms with Gasteiger partial charge in [0.2, 0.25) is 0 Å². The molecule has 0 saturated carbocycles. The van der Waals surface area contributed by atoms with E-state index < -0.39 is 10.2 Å². The number of aromatic nitrogens is 4. The SMILES string of the molecule is CC(C)n1nccc1-c1cnc(C[C@H]2CCN(S(=O)(=O)N(C)C)C2)cn1. The van der Waals surface area contributed by atoms with Crippen LogP contribution in [-0.2, 0) is 16.6 Å². The van der Waals surface area contributed by atoms with E-state index in [0.717, 1.165) is 29.9 Å². The number of nitrogens with zero attached hydrogens (tertiary/aromatic N) is 6.